The van der Waals surface area contributed by atoms with Gasteiger partial charge in [0.1, 0.15) is 12.1 Å². The summed E-state index contributed by atoms with van der Waals surface area (Å²) in [5, 5.41) is 4.64. The average Bonchev–Trinajstić information content (AvgIpc) is 3.11. The van der Waals surface area contributed by atoms with E-state index in [0.29, 0.717) is 42.5 Å². The first-order chi connectivity index (χ1) is 12.9. The van der Waals surface area contributed by atoms with Crippen LogP contribution in [-0.2, 0) is 10.0 Å². The number of hydrogen-bond donors (Lipinski definition) is 0. The number of sulfonamides is 1. The van der Waals surface area contributed by atoms with E-state index in [2.05, 4.69) is 20.0 Å². The van der Waals surface area contributed by atoms with E-state index >= 15 is 0 Å². The van der Waals surface area contributed by atoms with Crippen LogP contribution in [-0.4, -0.2) is 58.5 Å². The monoisotopic (exact) mass is 406 g/mol. The van der Waals surface area contributed by atoms with Crippen LogP contribution in [0.2, 0.25) is 5.02 Å². The molecule has 1 aromatic carbocycles. The van der Waals surface area contributed by atoms with Crippen LogP contribution in [0, 0.1) is 13.8 Å². The predicted molar refractivity (Wildman–Crippen MR) is 103 cm³/mol. The second-order valence-electron chi connectivity index (χ2n) is 6.53. The van der Waals surface area contributed by atoms with E-state index in [4.69, 9.17) is 11.6 Å². The van der Waals surface area contributed by atoms with Gasteiger partial charge in [-0.15, -0.1) is 0 Å². The first kappa shape index (κ1) is 18.1. The molecule has 10 heteroatoms. The Morgan fingerprint density at radius 2 is 1.81 bits per heavy atom. The third kappa shape index (κ3) is 3.26. The molecule has 0 saturated carbocycles. The van der Waals surface area contributed by atoms with Crippen LogP contribution < -0.4 is 4.90 Å². The maximum Gasteiger partial charge on any atom is 0.254 e. The summed E-state index contributed by atoms with van der Waals surface area (Å²) in [4.78, 5) is 10.9. The lowest BCUT2D eigenvalue weighted by molar-refractivity contribution is 0.382. The molecule has 1 aliphatic heterocycles. The van der Waals surface area contributed by atoms with Crippen molar-refractivity contribution in [3.63, 3.8) is 0 Å². The number of hydrogen-bond acceptors (Lipinski definition) is 6. The SMILES string of the molecule is Cc1cc(N2CCN(S(=O)(=O)c3cc(Cl)ccc3C)CC2)n2ncnc2n1. The first-order valence-corrected chi connectivity index (χ1v) is 10.4. The molecule has 142 valence electrons. The molecule has 3 aromatic rings. The molecule has 0 radical (unpaired) electrons. The Kier molecular flexibility index (Phi) is 4.53. The van der Waals surface area contributed by atoms with Gasteiger partial charge in [-0.3, -0.25) is 0 Å². The highest BCUT2D eigenvalue weighted by atomic mass is 35.5. The smallest absolute Gasteiger partial charge is 0.254 e. The highest BCUT2D eigenvalue weighted by Crippen LogP contribution is 2.26. The quantitative estimate of drug-likeness (QED) is 0.660. The minimum absolute atomic E-state index is 0.266. The van der Waals surface area contributed by atoms with E-state index < -0.39 is 10.0 Å². The molecule has 0 unspecified atom stereocenters. The van der Waals surface area contributed by atoms with Crippen molar-refractivity contribution in [1.29, 1.82) is 0 Å². The fraction of sp³-hybridized carbons (Fsp3) is 0.353. The Morgan fingerprint density at radius 3 is 2.56 bits per heavy atom. The maximum atomic E-state index is 13.0. The number of aromatic nitrogens is 4. The van der Waals surface area contributed by atoms with Crippen molar-refractivity contribution in [2.24, 2.45) is 0 Å². The summed E-state index contributed by atoms with van der Waals surface area (Å²) in [6.07, 6.45) is 1.47. The van der Waals surface area contributed by atoms with Crippen molar-refractivity contribution >= 4 is 33.2 Å². The lowest BCUT2D eigenvalue weighted by Crippen LogP contribution is -2.49. The zero-order valence-corrected chi connectivity index (χ0v) is 16.6. The Bertz CT molecular complexity index is 1110. The van der Waals surface area contributed by atoms with Gasteiger partial charge in [-0.05, 0) is 31.5 Å². The van der Waals surface area contributed by atoms with Crippen molar-refractivity contribution in [1.82, 2.24) is 23.9 Å². The van der Waals surface area contributed by atoms with Crippen LogP contribution in [0.25, 0.3) is 5.78 Å². The molecular formula is C17H19ClN6O2S. The van der Waals surface area contributed by atoms with Crippen molar-refractivity contribution in [2.75, 3.05) is 31.1 Å². The number of benzene rings is 1. The van der Waals surface area contributed by atoms with E-state index in [1.807, 2.05) is 13.0 Å². The molecule has 1 saturated heterocycles. The standard InChI is InChI=1S/C17H19ClN6O2S/c1-12-3-4-14(18)10-15(12)27(25,26)23-7-5-22(6-8-23)16-9-13(2)21-17-19-11-20-24(16)17/h3-4,9-11H,5-8H2,1-2H3. The molecule has 3 heterocycles. The fourth-order valence-electron chi connectivity index (χ4n) is 3.28. The fourth-order valence-corrected chi connectivity index (χ4v) is 5.19. The van der Waals surface area contributed by atoms with Gasteiger partial charge in [0, 0.05) is 43.0 Å². The number of anilines is 1. The average molecular weight is 407 g/mol. The molecule has 1 aliphatic rings. The number of fused-ring (bicyclic) bond motifs is 1. The lowest BCUT2D eigenvalue weighted by Gasteiger charge is -2.35. The molecule has 0 atom stereocenters. The topological polar surface area (TPSA) is 83.7 Å². The van der Waals surface area contributed by atoms with E-state index in [0.717, 1.165) is 11.5 Å². The molecule has 8 nitrogen and oxygen atoms in total. The molecule has 27 heavy (non-hydrogen) atoms. The molecule has 0 aliphatic carbocycles. The Balaban J connectivity index is 1.58. The largest absolute Gasteiger partial charge is 0.354 e. The number of rotatable bonds is 3. The van der Waals surface area contributed by atoms with Crippen LogP contribution in [0.15, 0.2) is 35.5 Å². The molecule has 1 fully saturated rings. The van der Waals surface area contributed by atoms with Gasteiger partial charge in [0.2, 0.25) is 10.0 Å². The summed E-state index contributed by atoms with van der Waals surface area (Å²) in [6, 6.07) is 6.88. The van der Waals surface area contributed by atoms with E-state index in [1.165, 1.54) is 16.7 Å². The molecular weight excluding hydrogens is 388 g/mol. The van der Waals surface area contributed by atoms with Crippen LogP contribution in [0.4, 0.5) is 5.82 Å². The van der Waals surface area contributed by atoms with Crippen molar-refractivity contribution < 1.29 is 8.42 Å². The van der Waals surface area contributed by atoms with Gasteiger partial charge in [-0.1, -0.05) is 17.7 Å². The molecule has 0 bridgehead atoms. The van der Waals surface area contributed by atoms with Gasteiger partial charge in [0.25, 0.3) is 5.78 Å². The molecule has 0 spiro atoms. The highest BCUT2D eigenvalue weighted by molar-refractivity contribution is 7.89. The second kappa shape index (κ2) is 6.74. The maximum absolute atomic E-state index is 13.0. The van der Waals surface area contributed by atoms with Crippen molar-refractivity contribution in [3.05, 3.63) is 46.9 Å². The summed E-state index contributed by atoms with van der Waals surface area (Å²) in [7, 11) is -3.59. The van der Waals surface area contributed by atoms with Gasteiger partial charge >= 0.3 is 0 Å². The zero-order valence-electron chi connectivity index (χ0n) is 15.0. The number of halogens is 1. The van der Waals surface area contributed by atoms with Crippen molar-refractivity contribution in [2.45, 2.75) is 18.7 Å². The number of piperazine rings is 1. The summed E-state index contributed by atoms with van der Waals surface area (Å²) in [5.41, 5.74) is 1.53. The minimum Gasteiger partial charge on any atom is -0.354 e. The van der Waals surface area contributed by atoms with E-state index in [9.17, 15) is 8.42 Å². The van der Waals surface area contributed by atoms with Gasteiger partial charge in [0.05, 0.1) is 4.90 Å². The van der Waals surface area contributed by atoms with E-state index in [-0.39, 0.29) is 4.90 Å². The summed E-state index contributed by atoms with van der Waals surface area (Å²) in [6.45, 7) is 5.55. The van der Waals surface area contributed by atoms with Gasteiger partial charge in [-0.25, -0.2) is 13.4 Å². The number of nitrogens with zero attached hydrogens (tertiary/aromatic N) is 6. The molecule has 0 amide bonds. The highest BCUT2D eigenvalue weighted by Gasteiger charge is 2.30. The second-order valence-corrected chi connectivity index (χ2v) is 8.87. The van der Waals surface area contributed by atoms with Gasteiger partial charge < -0.3 is 4.90 Å². The molecule has 0 N–H and O–H groups in total. The minimum atomic E-state index is -3.59. The van der Waals surface area contributed by atoms with Crippen LogP contribution in [0.5, 0.6) is 0 Å². The van der Waals surface area contributed by atoms with Crippen LogP contribution in [0.3, 0.4) is 0 Å². The third-order valence-corrected chi connectivity index (χ3v) is 6.97. The molecule has 4 rings (SSSR count). The summed E-state index contributed by atoms with van der Waals surface area (Å²) in [5.74, 6) is 1.40. The Labute approximate surface area is 162 Å². The van der Waals surface area contributed by atoms with Gasteiger partial charge in [0.15, 0.2) is 0 Å². The van der Waals surface area contributed by atoms with Crippen LogP contribution in [0.1, 0.15) is 11.3 Å². The molecule has 2 aromatic heterocycles. The van der Waals surface area contributed by atoms with Crippen molar-refractivity contribution in [3.8, 4) is 0 Å². The number of aryl methyl sites for hydroxylation is 2. The summed E-state index contributed by atoms with van der Waals surface area (Å²) < 4.78 is 29.3. The lowest BCUT2D eigenvalue weighted by atomic mass is 10.2. The Morgan fingerprint density at radius 1 is 1.07 bits per heavy atom. The first-order valence-electron chi connectivity index (χ1n) is 8.55. The van der Waals surface area contributed by atoms with Crippen LogP contribution >= 0.6 is 11.6 Å². The van der Waals surface area contributed by atoms with E-state index in [1.54, 1.807) is 23.6 Å². The predicted octanol–water partition coefficient (Wildman–Crippen LogP) is 1.91. The zero-order chi connectivity index (χ0) is 19.2. The summed E-state index contributed by atoms with van der Waals surface area (Å²) >= 11 is 6.01. The Hall–Kier alpha value is -2.23. The normalized spacial score (nSPS) is 16.2. The third-order valence-electron chi connectivity index (χ3n) is 4.69. The van der Waals surface area contributed by atoms with Gasteiger partial charge in [-0.2, -0.15) is 18.9 Å².